The third-order valence-electron chi connectivity index (χ3n) is 7.87. The van der Waals surface area contributed by atoms with E-state index in [4.69, 9.17) is 4.74 Å². The molecule has 1 saturated heterocycles. The first-order chi connectivity index (χ1) is 11.3. The number of hydrogen-bond donors (Lipinski definition) is 2. The standard InChI is InChI=1S/C19H22O5/c1-9-7-18-8-10(9)3-4-11(18)19-6-5-12(20)17(2,16(23)24-19)14(19)13(18)15(21)22/h4,10,12-14,20H,1,3,5-8H2,2H3,(H,21,22). The van der Waals surface area contributed by atoms with E-state index in [-0.39, 0.29) is 0 Å². The minimum absolute atomic E-state index is 0.333. The van der Waals surface area contributed by atoms with Crippen LogP contribution in [0.3, 0.4) is 0 Å². The summed E-state index contributed by atoms with van der Waals surface area (Å²) in [6, 6.07) is 0. The number of allylic oxidation sites excluding steroid dienone is 2. The van der Waals surface area contributed by atoms with E-state index in [1.807, 2.05) is 0 Å². The molecule has 0 aromatic carbocycles. The van der Waals surface area contributed by atoms with Crippen molar-refractivity contribution in [2.75, 3.05) is 0 Å². The Hall–Kier alpha value is -1.62. The summed E-state index contributed by atoms with van der Waals surface area (Å²) in [6.45, 7) is 5.89. The van der Waals surface area contributed by atoms with Gasteiger partial charge in [-0.2, -0.15) is 0 Å². The second-order valence-corrected chi connectivity index (χ2v) is 8.66. The Bertz CT molecular complexity index is 738. The normalized spacial score (nSPS) is 54.2. The first-order valence-electron chi connectivity index (χ1n) is 8.80. The lowest BCUT2D eigenvalue weighted by Gasteiger charge is -2.41. The lowest BCUT2D eigenvalue weighted by molar-refractivity contribution is -0.156. The highest BCUT2D eigenvalue weighted by molar-refractivity contribution is 5.87. The number of carbonyl (C=O) groups is 2. The summed E-state index contributed by atoms with van der Waals surface area (Å²) in [7, 11) is 0. The van der Waals surface area contributed by atoms with Crippen LogP contribution in [-0.2, 0) is 14.3 Å². The molecule has 1 heterocycles. The molecule has 5 rings (SSSR count). The monoisotopic (exact) mass is 330 g/mol. The molecule has 4 aliphatic carbocycles. The van der Waals surface area contributed by atoms with Gasteiger partial charge in [0.05, 0.1) is 17.4 Å². The minimum Gasteiger partial charge on any atom is -0.481 e. The van der Waals surface area contributed by atoms with E-state index in [1.54, 1.807) is 6.92 Å². The summed E-state index contributed by atoms with van der Waals surface area (Å²) in [5.41, 5.74) is -0.304. The summed E-state index contributed by atoms with van der Waals surface area (Å²) in [6.07, 6.45) is 4.61. The number of fused-ring (bicyclic) bond motifs is 1. The summed E-state index contributed by atoms with van der Waals surface area (Å²) in [5.74, 6) is -2.16. The molecule has 0 amide bonds. The van der Waals surface area contributed by atoms with Crippen LogP contribution in [0, 0.1) is 28.6 Å². The molecule has 0 radical (unpaired) electrons. The van der Waals surface area contributed by atoms with E-state index in [0.29, 0.717) is 25.2 Å². The van der Waals surface area contributed by atoms with Crippen LogP contribution in [0.4, 0.5) is 0 Å². The quantitative estimate of drug-likeness (QED) is 0.568. The van der Waals surface area contributed by atoms with E-state index in [2.05, 4.69) is 12.7 Å². The number of aliphatic hydroxyl groups excluding tert-OH is 1. The Morgan fingerprint density at radius 3 is 2.92 bits per heavy atom. The molecule has 128 valence electrons. The van der Waals surface area contributed by atoms with Crippen molar-refractivity contribution in [2.45, 2.75) is 50.7 Å². The lowest BCUT2D eigenvalue weighted by atomic mass is 9.59. The van der Waals surface area contributed by atoms with Crippen molar-refractivity contribution < 1.29 is 24.5 Å². The van der Waals surface area contributed by atoms with Crippen molar-refractivity contribution >= 4 is 11.9 Å². The molecule has 4 bridgehead atoms. The highest BCUT2D eigenvalue weighted by Crippen LogP contribution is 2.76. The van der Waals surface area contributed by atoms with Gasteiger partial charge < -0.3 is 14.9 Å². The predicted molar refractivity (Wildman–Crippen MR) is 83.8 cm³/mol. The summed E-state index contributed by atoms with van der Waals surface area (Å²) in [4.78, 5) is 25.1. The van der Waals surface area contributed by atoms with Gasteiger partial charge in [-0.15, -0.1) is 0 Å². The maximum Gasteiger partial charge on any atom is 0.315 e. The molecular formula is C19H22O5. The molecule has 0 aromatic heterocycles. The highest BCUT2D eigenvalue weighted by atomic mass is 16.6. The van der Waals surface area contributed by atoms with Gasteiger partial charge >= 0.3 is 11.9 Å². The molecule has 1 spiro atoms. The van der Waals surface area contributed by atoms with Crippen LogP contribution < -0.4 is 0 Å². The molecule has 24 heavy (non-hydrogen) atoms. The molecule has 2 N–H and O–H groups in total. The summed E-state index contributed by atoms with van der Waals surface area (Å²) >= 11 is 0. The van der Waals surface area contributed by atoms with Crippen molar-refractivity contribution in [3.63, 3.8) is 0 Å². The van der Waals surface area contributed by atoms with E-state index < -0.39 is 46.3 Å². The molecular weight excluding hydrogens is 308 g/mol. The number of carboxylic acids is 1. The van der Waals surface area contributed by atoms with Gasteiger partial charge in [-0.1, -0.05) is 18.2 Å². The number of ether oxygens (including phenoxy) is 1. The Morgan fingerprint density at radius 2 is 2.21 bits per heavy atom. The fraction of sp³-hybridized carbons (Fsp3) is 0.684. The van der Waals surface area contributed by atoms with Crippen LogP contribution >= 0.6 is 0 Å². The van der Waals surface area contributed by atoms with Crippen LogP contribution in [0.1, 0.15) is 39.0 Å². The van der Waals surface area contributed by atoms with Crippen LogP contribution in [0.2, 0.25) is 0 Å². The molecule has 3 saturated carbocycles. The number of aliphatic hydroxyl groups is 1. The second kappa shape index (κ2) is 3.96. The topological polar surface area (TPSA) is 83.8 Å². The van der Waals surface area contributed by atoms with E-state index in [1.165, 1.54) is 0 Å². The summed E-state index contributed by atoms with van der Waals surface area (Å²) in [5, 5.41) is 20.7. The Kier molecular flexibility index (Phi) is 2.42. The number of hydrogen-bond acceptors (Lipinski definition) is 4. The number of rotatable bonds is 1. The van der Waals surface area contributed by atoms with Gasteiger partial charge in [0.1, 0.15) is 5.60 Å². The van der Waals surface area contributed by atoms with Crippen molar-refractivity contribution in [3.8, 4) is 0 Å². The van der Waals surface area contributed by atoms with Crippen molar-refractivity contribution in [3.05, 3.63) is 23.8 Å². The van der Waals surface area contributed by atoms with Crippen LogP contribution in [0.25, 0.3) is 0 Å². The Balaban J connectivity index is 1.80. The maximum atomic E-state index is 12.7. The summed E-state index contributed by atoms with van der Waals surface area (Å²) < 4.78 is 5.94. The average Bonchev–Trinajstić information content (AvgIpc) is 2.98. The predicted octanol–water partition coefficient (Wildman–Crippen LogP) is 2.06. The molecule has 5 aliphatic rings. The SMILES string of the molecule is C=C1CC23CC1CC=C2C12CCC(O)C(C)(C(=O)O1)C2C3C(=O)O. The average molecular weight is 330 g/mol. The van der Waals surface area contributed by atoms with E-state index in [9.17, 15) is 19.8 Å². The van der Waals surface area contributed by atoms with Gasteiger partial charge in [0.25, 0.3) is 0 Å². The van der Waals surface area contributed by atoms with Crippen molar-refractivity contribution in [1.29, 1.82) is 0 Å². The Morgan fingerprint density at radius 1 is 1.46 bits per heavy atom. The number of carbonyl (C=O) groups excluding carboxylic acids is 1. The van der Waals surface area contributed by atoms with Crippen LogP contribution in [-0.4, -0.2) is 33.9 Å². The van der Waals surface area contributed by atoms with Crippen molar-refractivity contribution in [1.82, 2.24) is 0 Å². The fourth-order valence-corrected chi connectivity index (χ4v) is 6.94. The number of carboxylic acid groups (broad SMARTS) is 1. The third-order valence-corrected chi connectivity index (χ3v) is 7.87. The molecule has 4 fully saturated rings. The molecule has 7 unspecified atom stereocenters. The van der Waals surface area contributed by atoms with Gasteiger partial charge in [0.2, 0.25) is 0 Å². The third kappa shape index (κ3) is 1.25. The van der Waals surface area contributed by atoms with Crippen LogP contribution in [0.15, 0.2) is 23.8 Å². The smallest absolute Gasteiger partial charge is 0.315 e. The largest absolute Gasteiger partial charge is 0.481 e. The molecule has 0 aromatic rings. The minimum atomic E-state index is -1.13. The zero-order valence-corrected chi connectivity index (χ0v) is 13.7. The molecule has 5 heteroatoms. The van der Waals surface area contributed by atoms with E-state index in [0.717, 1.165) is 24.0 Å². The van der Waals surface area contributed by atoms with Crippen LogP contribution in [0.5, 0.6) is 0 Å². The van der Waals surface area contributed by atoms with E-state index >= 15 is 0 Å². The Labute approximate surface area is 140 Å². The fourth-order valence-electron chi connectivity index (χ4n) is 6.94. The van der Waals surface area contributed by atoms with Gasteiger partial charge in [-0.05, 0) is 50.5 Å². The van der Waals surface area contributed by atoms with Gasteiger partial charge in [0.15, 0.2) is 0 Å². The maximum absolute atomic E-state index is 12.7. The molecule has 1 aliphatic heterocycles. The zero-order valence-electron chi connectivity index (χ0n) is 13.7. The second-order valence-electron chi connectivity index (χ2n) is 8.66. The highest BCUT2D eigenvalue weighted by Gasteiger charge is 2.81. The lowest BCUT2D eigenvalue weighted by Crippen LogP contribution is -2.52. The molecule has 5 nitrogen and oxygen atoms in total. The van der Waals surface area contributed by atoms with Crippen molar-refractivity contribution in [2.24, 2.45) is 28.6 Å². The molecule has 7 atom stereocenters. The van der Waals surface area contributed by atoms with Gasteiger partial charge in [-0.25, -0.2) is 0 Å². The first kappa shape index (κ1) is 14.7. The number of aliphatic carboxylic acids is 1. The zero-order chi connectivity index (χ0) is 17.1. The van der Waals surface area contributed by atoms with Gasteiger partial charge in [0, 0.05) is 11.3 Å². The van der Waals surface area contributed by atoms with Gasteiger partial charge in [-0.3, -0.25) is 9.59 Å². The first-order valence-corrected chi connectivity index (χ1v) is 8.80. The number of esters is 1.